The fraction of sp³-hybridized carbons (Fsp3) is 0.357. The van der Waals surface area contributed by atoms with Gasteiger partial charge in [-0.15, -0.1) is 0 Å². The van der Waals surface area contributed by atoms with Gasteiger partial charge in [0.05, 0.1) is 6.04 Å². The summed E-state index contributed by atoms with van der Waals surface area (Å²) in [4.78, 5) is 4.40. The molecule has 4 heteroatoms. The van der Waals surface area contributed by atoms with E-state index in [0.29, 0.717) is 6.54 Å². The highest BCUT2D eigenvalue weighted by Crippen LogP contribution is 2.22. The normalized spacial score (nSPS) is 12.6. The molecule has 0 aliphatic carbocycles. The second-order valence-electron chi connectivity index (χ2n) is 4.31. The van der Waals surface area contributed by atoms with Gasteiger partial charge in [0.25, 0.3) is 0 Å². The van der Waals surface area contributed by atoms with Crippen molar-refractivity contribution in [3.05, 3.63) is 53.1 Å². The van der Waals surface area contributed by atoms with Gasteiger partial charge in [-0.2, -0.15) is 0 Å². The SMILES string of the molecule is CCCc1nccn1C(CN)c1cccc(Cl)c1. The first-order valence-electron chi connectivity index (χ1n) is 6.23. The lowest BCUT2D eigenvalue weighted by Crippen LogP contribution is -2.21. The van der Waals surface area contributed by atoms with Crippen molar-refractivity contribution < 1.29 is 0 Å². The molecule has 18 heavy (non-hydrogen) atoms. The monoisotopic (exact) mass is 263 g/mol. The summed E-state index contributed by atoms with van der Waals surface area (Å²) in [7, 11) is 0. The molecule has 0 aliphatic heterocycles. The van der Waals surface area contributed by atoms with E-state index in [1.807, 2.05) is 30.6 Å². The van der Waals surface area contributed by atoms with Crippen LogP contribution in [-0.4, -0.2) is 16.1 Å². The van der Waals surface area contributed by atoms with E-state index < -0.39 is 0 Å². The van der Waals surface area contributed by atoms with E-state index in [9.17, 15) is 0 Å². The van der Waals surface area contributed by atoms with Crippen LogP contribution in [0.3, 0.4) is 0 Å². The van der Waals surface area contributed by atoms with Crippen molar-refractivity contribution in [2.45, 2.75) is 25.8 Å². The Balaban J connectivity index is 2.36. The summed E-state index contributed by atoms with van der Waals surface area (Å²) in [6.07, 6.45) is 5.86. The Morgan fingerprint density at radius 3 is 2.94 bits per heavy atom. The summed E-state index contributed by atoms with van der Waals surface area (Å²) in [5.41, 5.74) is 7.04. The van der Waals surface area contributed by atoms with Crippen molar-refractivity contribution in [1.82, 2.24) is 9.55 Å². The summed E-state index contributed by atoms with van der Waals surface area (Å²) >= 11 is 6.04. The van der Waals surface area contributed by atoms with E-state index in [-0.39, 0.29) is 6.04 Å². The lowest BCUT2D eigenvalue weighted by molar-refractivity contribution is 0.562. The number of aryl methyl sites for hydroxylation is 1. The summed E-state index contributed by atoms with van der Waals surface area (Å²) in [5, 5.41) is 0.739. The molecule has 0 fully saturated rings. The minimum Gasteiger partial charge on any atom is -0.328 e. The van der Waals surface area contributed by atoms with Gasteiger partial charge in [0.15, 0.2) is 0 Å². The second-order valence-corrected chi connectivity index (χ2v) is 4.74. The van der Waals surface area contributed by atoms with Gasteiger partial charge in [-0.3, -0.25) is 0 Å². The van der Waals surface area contributed by atoms with E-state index in [4.69, 9.17) is 17.3 Å². The molecule has 1 aromatic heterocycles. The Labute approximate surface area is 113 Å². The molecule has 2 rings (SSSR count). The highest BCUT2D eigenvalue weighted by atomic mass is 35.5. The number of aromatic nitrogens is 2. The van der Waals surface area contributed by atoms with Gasteiger partial charge in [-0.25, -0.2) is 4.98 Å². The van der Waals surface area contributed by atoms with Crippen LogP contribution in [0.25, 0.3) is 0 Å². The number of rotatable bonds is 5. The number of nitrogens with two attached hydrogens (primary N) is 1. The molecule has 3 nitrogen and oxygen atoms in total. The molecule has 2 N–H and O–H groups in total. The smallest absolute Gasteiger partial charge is 0.109 e. The summed E-state index contributed by atoms with van der Waals surface area (Å²) in [6, 6.07) is 7.96. The molecule has 0 saturated heterocycles. The van der Waals surface area contributed by atoms with E-state index in [1.54, 1.807) is 0 Å². The largest absolute Gasteiger partial charge is 0.328 e. The summed E-state index contributed by atoms with van der Waals surface area (Å²) in [5.74, 6) is 1.08. The van der Waals surface area contributed by atoms with Gasteiger partial charge in [-0.1, -0.05) is 30.7 Å². The van der Waals surface area contributed by atoms with E-state index >= 15 is 0 Å². The lowest BCUT2D eigenvalue weighted by Gasteiger charge is -2.19. The first kappa shape index (κ1) is 13.1. The topological polar surface area (TPSA) is 43.8 Å². The summed E-state index contributed by atoms with van der Waals surface area (Å²) in [6.45, 7) is 2.68. The number of hydrogen-bond acceptors (Lipinski definition) is 2. The molecule has 2 aromatic rings. The average molecular weight is 264 g/mol. The predicted octanol–water partition coefficient (Wildman–Crippen LogP) is 3.04. The third-order valence-electron chi connectivity index (χ3n) is 3.01. The third kappa shape index (κ3) is 2.74. The lowest BCUT2D eigenvalue weighted by atomic mass is 10.1. The van der Waals surface area contributed by atoms with E-state index in [2.05, 4.69) is 22.5 Å². The first-order chi connectivity index (χ1) is 8.76. The molecule has 1 unspecified atom stereocenters. The Morgan fingerprint density at radius 2 is 2.28 bits per heavy atom. The molecule has 1 aromatic carbocycles. The highest BCUT2D eigenvalue weighted by Gasteiger charge is 2.15. The minimum absolute atomic E-state index is 0.104. The van der Waals surface area contributed by atoms with Gasteiger partial charge in [0.1, 0.15) is 5.82 Å². The minimum atomic E-state index is 0.104. The Hall–Kier alpha value is -1.32. The molecular weight excluding hydrogens is 246 g/mol. The maximum absolute atomic E-state index is 6.04. The standard InChI is InChI=1S/C14H18ClN3/c1-2-4-14-17-7-8-18(14)13(10-16)11-5-3-6-12(15)9-11/h3,5-9,13H,2,4,10,16H2,1H3. The molecule has 0 saturated carbocycles. The quantitative estimate of drug-likeness (QED) is 0.901. The van der Waals surface area contributed by atoms with Crippen molar-refractivity contribution in [2.75, 3.05) is 6.54 Å². The first-order valence-corrected chi connectivity index (χ1v) is 6.61. The van der Waals surface area contributed by atoms with Gasteiger partial charge < -0.3 is 10.3 Å². The van der Waals surface area contributed by atoms with Gasteiger partial charge in [0.2, 0.25) is 0 Å². The van der Waals surface area contributed by atoms with Crippen LogP contribution < -0.4 is 5.73 Å². The van der Waals surface area contributed by atoms with Crippen LogP contribution in [0.2, 0.25) is 5.02 Å². The van der Waals surface area contributed by atoms with Crippen molar-refractivity contribution in [3.8, 4) is 0 Å². The fourth-order valence-electron chi connectivity index (χ4n) is 2.17. The predicted molar refractivity (Wildman–Crippen MR) is 74.9 cm³/mol. The molecule has 96 valence electrons. The zero-order valence-corrected chi connectivity index (χ0v) is 11.3. The fourth-order valence-corrected chi connectivity index (χ4v) is 2.37. The maximum Gasteiger partial charge on any atom is 0.109 e. The Bertz CT molecular complexity index is 507. The van der Waals surface area contributed by atoms with Crippen molar-refractivity contribution >= 4 is 11.6 Å². The number of imidazole rings is 1. The molecule has 0 radical (unpaired) electrons. The van der Waals surface area contributed by atoms with Crippen LogP contribution in [-0.2, 0) is 6.42 Å². The number of hydrogen-bond donors (Lipinski definition) is 1. The van der Waals surface area contributed by atoms with Crippen LogP contribution in [0.1, 0.15) is 30.8 Å². The van der Waals surface area contributed by atoms with Crippen molar-refractivity contribution in [3.63, 3.8) is 0 Å². The summed E-state index contributed by atoms with van der Waals surface area (Å²) < 4.78 is 2.15. The number of halogens is 1. The van der Waals surface area contributed by atoms with Crippen LogP contribution in [0.4, 0.5) is 0 Å². The van der Waals surface area contributed by atoms with Gasteiger partial charge in [0, 0.05) is 30.4 Å². The number of nitrogens with zero attached hydrogens (tertiary/aromatic N) is 2. The van der Waals surface area contributed by atoms with Crippen molar-refractivity contribution in [2.24, 2.45) is 5.73 Å². The Kier molecular flexibility index (Phi) is 4.39. The van der Waals surface area contributed by atoms with Crippen LogP contribution in [0.5, 0.6) is 0 Å². The Morgan fingerprint density at radius 1 is 1.44 bits per heavy atom. The molecule has 0 bridgehead atoms. The molecule has 1 heterocycles. The molecule has 1 atom stereocenters. The van der Waals surface area contributed by atoms with E-state index in [0.717, 1.165) is 29.3 Å². The zero-order chi connectivity index (χ0) is 13.0. The third-order valence-corrected chi connectivity index (χ3v) is 3.25. The number of benzene rings is 1. The van der Waals surface area contributed by atoms with Crippen LogP contribution in [0, 0.1) is 0 Å². The second kappa shape index (κ2) is 6.03. The van der Waals surface area contributed by atoms with E-state index in [1.165, 1.54) is 0 Å². The van der Waals surface area contributed by atoms with Crippen LogP contribution in [0.15, 0.2) is 36.7 Å². The van der Waals surface area contributed by atoms with Gasteiger partial charge in [-0.05, 0) is 24.1 Å². The molecule has 0 amide bonds. The highest BCUT2D eigenvalue weighted by molar-refractivity contribution is 6.30. The van der Waals surface area contributed by atoms with Crippen LogP contribution >= 0.6 is 11.6 Å². The molecule has 0 aliphatic rings. The van der Waals surface area contributed by atoms with Gasteiger partial charge >= 0.3 is 0 Å². The van der Waals surface area contributed by atoms with Crippen molar-refractivity contribution in [1.29, 1.82) is 0 Å². The molecular formula is C14H18ClN3. The maximum atomic E-state index is 6.04. The average Bonchev–Trinajstić information content (AvgIpc) is 2.79. The molecule has 0 spiro atoms. The zero-order valence-electron chi connectivity index (χ0n) is 10.5.